The summed E-state index contributed by atoms with van der Waals surface area (Å²) in [4.78, 5) is 0. The van der Waals surface area contributed by atoms with Gasteiger partial charge in [0.05, 0.1) is 13.2 Å². The molecule has 0 unspecified atom stereocenters. The molecule has 15 heavy (non-hydrogen) atoms. The number of hydrogen-bond donors (Lipinski definition) is 0. The largest absolute Gasteiger partial charge is 0.379 e. The van der Waals surface area contributed by atoms with Crippen LogP contribution in [-0.4, -0.2) is 39.1 Å². The molecule has 3 nitrogen and oxygen atoms in total. The smallest absolute Gasteiger partial charge is 0.104 e. The van der Waals surface area contributed by atoms with Crippen molar-refractivity contribution in [3.8, 4) is 0 Å². The number of rotatable bonds is 11. The predicted octanol–water partition coefficient (Wildman–Crippen LogP) is 2.63. The van der Waals surface area contributed by atoms with E-state index in [0.29, 0.717) is 13.2 Å². The lowest BCUT2D eigenvalue weighted by molar-refractivity contribution is -0.0595. The van der Waals surface area contributed by atoms with Crippen LogP contribution in [0.25, 0.3) is 0 Å². The van der Waals surface area contributed by atoms with Gasteiger partial charge in [0.1, 0.15) is 6.10 Å². The third-order valence-corrected chi connectivity index (χ3v) is 1.86. The Balaban J connectivity index is 3.53. The minimum Gasteiger partial charge on any atom is -0.379 e. The molecule has 0 aliphatic carbocycles. The summed E-state index contributed by atoms with van der Waals surface area (Å²) >= 11 is 0. The van der Waals surface area contributed by atoms with Crippen LogP contribution in [0.4, 0.5) is 0 Å². The van der Waals surface area contributed by atoms with Crippen molar-refractivity contribution < 1.29 is 14.2 Å². The maximum atomic E-state index is 5.63. The molecule has 0 bridgehead atoms. The molecule has 0 aromatic rings. The van der Waals surface area contributed by atoms with Crippen LogP contribution in [0, 0.1) is 0 Å². The molecule has 0 fully saturated rings. The molecule has 3 heteroatoms. The third kappa shape index (κ3) is 10.2. The normalized spacial score (nSPS) is 11.2. The van der Waals surface area contributed by atoms with Crippen molar-refractivity contribution in [1.29, 1.82) is 0 Å². The minimum absolute atomic E-state index is 0.100. The predicted molar refractivity (Wildman–Crippen MR) is 62.3 cm³/mol. The SMILES string of the molecule is CCCOCC(COCCC)OCCC. The molecule has 0 spiro atoms. The number of ether oxygens (including phenoxy) is 3. The first-order chi connectivity index (χ1) is 7.35. The fraction of sp³-hybridized carbons (Fsp3) is 1.00. The molecule has 0 saturated carbocycles. The lowest BCUT2D eigenvalue weighted by Crippen LogP contribution is -2.26. The highest BCUT2D eigenvalue weighted by molar-refractivity contribution is 4.55. The third-order valence-electron chi connectivity index (χ3n) is 1.86. The Morgan fingerprint density at radius 2 is 1.20 bits per heavy atom. The van der Waals surface area contributed by atoms with Crippen molar-refractivity contribution in [2.45, 2.75) is 46.1 Å². The lowest BCUT2D eigenvalue weighted by atomic mass is 10.4. The molecule has 92 valence electrons. The van der Waals surface area contributed by atoms with Gasteiger partial charge >= 0.3 is 0 Å². The summed E-state index contributed by atoms with van der Waals surface area (Å²) in [5.74, 6) is 0. The second-order valence-corrected chi connectivity index (χ2v) is 3.64. The molecule has 0 amide bonds. The molecule has 0 N–H and O–H groups in total. The van der Waals surface area contributed by atoms with Crippen molar-refractivity contribution in [3.05, 3.63) is 0 Å². The summed E-state index contributed by atoms with van der Waals surface area (Å²) < 4.78 is 16.6. The van der Waals surface area contributed by atoms with Gasteiger partial charge in [0.25, 0.3) is 0 Å². The summed E-state index contributed by atoms with van der Waals surface area (Å²) in [7, 11) is 0. The lowest BCUT2D eigenvalue weighted by Gasteiger charge is -2.17. The highest BCUT2D eigenvalue weighted by atomic mass is 16.6. The van der Waals surface area contributed by atoms with Gasteiger partial charge in [-0.1, -0.05) is 20.8 Å². The van der Waals surface area contributed by atoms with E-state index < -0.39 is 0 Å². The summed E-state index contributed by atoms with van der Waals surface area (Å²) in [6.45, 7) is 10.0. The van der Waals surface area contributed by atoms with Crippen molar-refractivity contribution in [3.63, 3.8) is 0 Å². The zero-order chi connectivity index (χ0) is 11.4. The number of hydrogen-bond acceptors (Lipinski definition) is 3. The molecule has 0 saturated heterocycles. The van der Waals surface area contributed by atoms with Crippen LogP contribution in [-0.2, 0) is 14.2 Å². The van der Waals surface area contributed by atoms with Crippen LogP contribution >= 0.6 is 0 Å². The van der Waals surface area contributed by atoms with Gasteiger partial charge in [-0.3, -0.25) is 0 Å². The van der Waals surface area contributed by atoms with E-state index >= 15 is 0 Å². The quantitative estimate of drug-likeness (QED) is 0.499. The van der Waals surface area contributed by atoms with E-state index in [1.165, 1.54) is 0 Å². The van der Waals surface area contributed by atoms with Gasteiger partial charge in [-0.15, -0.1) is 0 Å². The van der Waals surface area contributed by atoms with Crippen LogP contribution in [0.15, 0.2) is 0 Å². The van der Waals surface area contributed by atoms with Crippen LogP contribution < -0.4 is 0 Å². The highest BCUT2D eigenvalue weighted by Crippen LogP contribution is 1.98. The highest BCUT2D eigenvalue weighted by Gasteiger charge is 2.08. The van der Waals surface area contributed by atoms with Crippen molar-refractivity contribution in [2.75, 3.05) is 33.0 Å². The van der Waals surface area contributed by atoms with E-state index in [-0.39, 0.29) is 6.10 Å². The Bertz CT molecular complexity index is 107. The molecule has 0 radical (unpaired) electrons. The maximum Gasteiger partial charge on any atom is 0.104 e. The minimum atomic E-state index is 0.100. The van der Waals surface area contributed by atoms with E-state index in [1.807, 2.05) is 0 Å². The summed E-state index contributed by atoms with van der Waals surface area (Å²) in [6, 6.07) is 0. The molecule has 0 heterocycles. The first-order valence-corrected chi connectivity index (χ1v) is 6.12. The first kappa shape index (κ1) is 14.9. The average molecular weight is 218 g/mol. The Hall–Kier alpha value is -0.120. The van der Waals surface area contributed by atoms with Gasteiger partial charge in [0.2, 0.25) is 0 Å². The molecular weight excluding hydrogens is 192 g/mol. The topological polar surface area (TPSA) is 27.7 Å². The fourth-order valence-electron chi connectivity index (χ4n) is 1.15. The van der Waals surface area contributed by atoms with Crippen LogP contribution in [0.5, 0.6) is 0 Å². The average Bonchev–Trinajstić information content (AvgIpc) is 2.25. The second kappa shape index (κ2) is 12.0. The van der Waals surface area contributed by atoms with Crippen LogP contribution in [0.1, 0.15) is 40.0 Å². The van der Waals surface area contributed by atoms with E-state index in [9.17, 15) is 0 Å². The van der Waals surface area contributed by atoms with Crippen molar-refractivity contribution in [1.82, 2.24) is 0 Å². The first-order valence-electron chi connectivity index (χ1n) is 6.12. The Morgan fingerprint density at radius 1 is 0.733 bits per heavy atom. The van der Waals surface area contributed by atoms with Crippen molar-refractivity contribution in [2.24, 2.45) is 0 Å². The zero-order valence-electron chi connectivity index (χ0n) is 10.5. The van der Waals surface area contributed by atoms with E-state index in [0.717, 1.165) is 39.1 Å². The molecule has 0 rings (SSSR count). The monoisotopic (exact) mass is 218 g/mol. The summed E-state index contributed by atoms with van der Waals surface area (Å²) in [5.41, 5.74) is 0. The van der Waals surface area contributed by atoms with Gasteiger partial charge in [-0.25, -0.2) is 0 Å². The van der Waals surface area contributed by atoms with Gasteiger partial charge in [0.15, 0.2) is 0 Å². The Labute approximate surface area is 94.1 Å². The summed E-state index contributed by atoms with van der Waals surface area (Å²) in [6.07, 6.45) is 3.24. The standard InChI is InChI=1S/C12H26O3/c1-4-7-13-10-12(15-9-6-3)11-14-8-5-2/h12H,4-11H2,1-3H3. The molecule has 0 atom stereocenters. The second-order valence-electron chi connectivity index (χ2n) is 3.64. The van der Waals surface area contributed by atoms with Crippen LogP contribution in [0.3, 0.4) is 0 Å². The molecule has 0 aromatic carbocycles. The Morgan fingerprint density at radius 3 is 1.60 bits per heavy atom. The maximum absolute atomic E-state index is 5.63. The molecular formula is C12H26O3. The summed E-state index contributed by atoms with van der Waals surface area (Å²) in [5, 5.41) is 0. The van der Waals surface area contributed by atoms with Gasteiger partial charge in [-0.05, 0) is 19.3 Å². The van der Waals surface area contributed by atoms with Gasteiger partial charge in [0, 0.05) is 19.8 Å². The van der Waals surface area contributed by atoms with E-state index in [2.05, 4.69) is 20.8 Å². The van der Waals surface area contributed by atoms with Gasteiger partial charge < -0.3 is 14.2 Å². The fourth-order valence-corrected chi connectivity index (χ4v) is 1.15. The van der Waals surface area contributed by atoms with E-state index in [1.54, 1.807) is 0 Å². The zero-order valence-corrected chi connectivity index (χ0v) is 10.5. The molecule has 0 aliphatic heterocycles. The van der Waals surface area contributed by atoms with Crippen molar-refractivity contribution >= 4 is 0 Å². The van der Waals surface area contributed by atoms with Crippen LogP contribution in [0.2, 0.25) is 0 Å². The Kier molecular flexibility index (Phi) is 11.9. The molecule has 0 aliphatic rings. The molecule has 0 aromatic heterocycles. The van der Waals surface area contributed by atoms with Gasteiger partial charge in [-0.2, -0.15) is 0 Å². The van der Waals surface area contributed by atoms with E-state index in [4.69, 9.17) is 14.2 Å².